The van der Waals surface area contributed by atoms with Crippen LogP contribution in [0.4, 0.5) is 13.2 Å². The number of alkyl halides is 3. The fourth-order valence-corrected chi connectivity index (χ4v) is 5.02. The molecule has 1 atom stereocenters. The Morgan fingerprint density at radius 1 is 0.783 bits per heavy atom. The van der Waals surface area contributed by atoms with E-state index in [-0.39, 0.29) is 24.3 Å². The zero-order chi connectivity index (χ0) is 32.7. The average molecular weight is 691 g/mol. The SMILES string of the molecule is O=C(NC(Cc1ccc(-c2ccccc2Oc2ccccc2)cc1)C(=O)O)c1cc(Br)ccc1OCc1ccc(C(F)(F)F)cc1. The van der Waals surface area contributed by atoms with Gasteiger partial charge in [0.15, 0.2) is 0 Å². The molecule has 1 unspecified atom stereocenters. The molecular formula is C36H27BrF3NO5. The monoisotopic (exact) mass is 689 g/mol. The third kappa shape index (κ3) is 8.33. The van der Waals surface area contributed by atoms with Crippen molar-refractivity contribution in [3.63, 3.8) is 0 Å². The van der Waals surface area contributed by atoms with Gasteiger partial charge in [0.05, 0.1) is 11.1 Å². The van der Waals surface area contributed by atoms with Crippen molar-refractivity contribution in [2.45, 2.75) is 25.2 Å². The summed E-state index contributed by atoms with van der Waals surface area (Å²) in [5.74, 6) is -0.390. The molecule has 5 aromatic carbocycles. The number of aliphatic carboxylic acids is 1. The second kappa shape index (κ2) is 14.3. The highest BCUT2D eigenvalue weighted by Gasteiger charge is 2.30. The third-order valence-electron chi connectivity index (χ3n) is 7.03. The summed E-state index contributed by atoms with van der Waals surface area (Å²) in [6, 6.07) is 32.2. The van der Waals surface area contributed by atoms with Gasteiger partial charge in [0.1, 0.15) is 29.9 Å². The highest BCUT2D eigenvalue weighted by Crippen LogP contribution is 2.34. The van der Waals surface area contributed by atoms with E-state index in [1.54, 1.807) is 18.2 Å². The van der Waals surface area contributed by atoms with Gasteiger partial charge >= 0.3 is 12.1 Å². The minimum absolute atomic E-state index is 0.0132. The molecule has 0 saturated heterocycles. The Labute approximate surface area is 271 Å². The van der Waals surface area contributed by atoms with Crippen LogP contribution in [0.2, 0.25) is 0 Å². The number of ether oxygens (including phenoxy) is 2. The Balaban J connectivity index is 1.27. The lowest BCUT2D eigenvalue weighted by atomic mass is 9.99. The second-order valence-electron chi connectivity index (χ2n) is 10.3. The van der Waals surface area contributed by atoms with Gasteiger partial charge in [-0.3, -0.25) is 4.79 Å². The lowest BCUT2D eigenvalue weighted by Gasteiger charge is -2.17. The topological polar surface area (TPSA) is 84.9 Å². The molecule has 46 heavy (non-hydrogen) atoms. The number of nitrogens with one attached hydrogen (secondary N) is 1. The normalized spacial score (nSPS) is 11.8. The highest BCUT2D eigenvalue weighted by molar-refractivity contribution is 9.10. The third-order valence-corrected chi connectivity index (χ3v) is 7.52. The molecule has 0 aliphatic heterocycles. The first-order valence-corrected chi connectivity index (χ1v) is 14.9. The van der Waals surface area contributed by atoms with Gasteiger partial charge in [-0.05, 0) is 65.2 Å². The van der Waals surface area contributed by atoms with E-state index in [0.717, 1.165) is 23.3 Å². The summed E-state index contributed by atoms with van der Waals surface area (Å²) in [6.07, 6.45) is -4.44. The second-order valence-corrected chi connectivity index (χ2v) is 11.2. The van der Waals surface area contributed by atoms with Crippen molar-refractivity contribution in [1.82, 2.24) is 5.32 Å². The van der Waals surface area contributed by atoms with E-state index >= 15 is 0 Å². The van der Waals surface area contributed by atoms with Gasteiger partial charge in [0, 0.05) is 16.5 Å². The van der Waals surface area contributed by atoms with Crippen LogP contribution in [-0.4, -0.2) is 23.0 Å². The van der Waals surface area contributed by atoms with E-state index in [4.69, 9.17) is 9.47 Å². The molecule has 0 bridgehead atoms. The minimum Gasteiger partial charge on any atom is -0.488 e. The van der Waals surface area contributed by atoms with E-state index in [1.165, 1.54) is 24.3 Å². The zero-order valence-corrected chi connectivity index (χ0v) is 25.7. The van der Waals surface area contributed by atoms with E-state index in [0.29, 0.717) is 27.1 Å². The molecule has 6 nitrogen and oxygen atoms in total. The lowest BCUT2D eigenvalue weighted by Crippen LogP contribution is -2.42. The first-order chi connectivity index (χ1) is 22.1. The summed E-state index contributed by atoms with van der Waals surface area (Å²) in [5, 5.41) is 12.5. The number of halogens is 4. The predicted octanol–water partition coefficient (Wildman–Crippen LogP) is 8.93. The van der Waals surface area contributed by atoms with Crippen molar-refractivity contribution in [2.75, 3.05) is 0 Å². The van der Waals surface area contributed by atoms with Crippen LogP contribution in [0.1, 0.15) is 27.0 Å². The number of benzene rings is 5. The van der Waals surface area contributed by atoms with E-state index in [2.05, 4.69) is 21.2 Å². The van der Waals surface area contributed by atoms with E-state index < -0.39 is 29.7 Å². The summed E-state index contributed by atoms with van der Waals surface area (Å²) in [7, 11) is 0. The van der Waals surface area contributed by atoms with Gasteiger partial charge in [-0.15, -0.1) is 0 Å². The van der Waals surface area contributed by atoms with Gasteiger partial charge in [-0.1, -0.05) is 88.7 Å². The molecule has 5 aromatic rings. The van der Waals surface area contributed by atoms with Gasteiger partial charge in [-0.2, -0.15) is 13.2 Å². The number of carbonyl (C=O) groups is 2. The number of hydrogen-bond acceptors (Lipinski definition) is 4. The van der Waals surface area contributed by atoms with Crippen LogP contribution in [0.5, 0.6) is 17.2 Å². The summed E-state index contributed by atoms with van der Waals surface area (Å²) in [6.45, 7) is -0.103. The summed E-state index contributed by atoms with van der Waals surface area (Å²) < 4.78 is 51.1. The lowest BCUT2D eigenvalue weighted by molar-refractivity contribution is -0.139. The van der Waals surface area contributed by atoms with Gasteiger partial charge in [0.25, 0.3) is 5.91 Å². The van der Waals surface area contributed by atoms with E-state index in [9.17, 15) is 27.9 Å². The van der Waals surface area contributed by atoms with Crippen molar-refractivity contribution in [3.05, 3.63) is 148 Å². The van der Waals surface area contributed by atoms with Crippen molar-refractivity contribution < 1.29 is 37.3 Å². The molecule has 2 N–H and O–H groups in total. The number of carbonyl (C=O) groups excluding carboxylic acids is 1. The van der Waals surface area contributed by atoms with Crippen molar-refractivity contribution in [3.8, 4) is 28.4 Å². The Bertz CT molecular complexity index is 1810. The maximum absolute atomic E-state index is 13.3. The van der Waals surface area contributed by atoms with Crippen molar-refractivity contribution in [1.29, 1.82) is 0 Å². The highest BCUT2D eigenvalue weighted by atomic mass is 79.9. The van der Waals surface area contributed by atoms with Crippen molar-refractivity contribution in [2.24, 2.45) is 0 Å². The van der Waals surface area contributed by atoms with Crippen molar-refractivity contribution >= 4 is 27.8 Å². The Morgan fingerprint density at radius 3 is 2.11 bits per heavy atom. The molecule has 0 radical (unpaired) electrons. The fraction of sp³-hybridized carbons (Fsp3) is 0.111. The van der Waals surface area contributed by atoms with Gasteiger partial charge in [-0.25, -0.2) is 4.79 Å². The summed E-state index contributed by atoms with van der Waals surface area (Å²) in [4.78, 5) is 25.5. The first kappa shape index (κ1) is 32.3. The van der Waals surface area contributed by atoms with Crippen LogP contribution in [0.25, 0.3) is 11.1 Å². The molecule has 0 spiro atoms. The molecule has 0 aliphatic rings. The molecule has 0 fully saturated rings. The van der Waals surface area contributed by atoms with Gasteiger partial charge in [0.2, 0.25) is 0 Å². The number of hydrogen-bond donors (Lipinski definition) is 2. The smallest absolute Gasteiger partial charge is 0.416 e. The Kier molecular flexibility index (Phi) is 10.1. The molecule has 1 amide bonds. The number of para-hydroxylation sites is 2. The van der Waals surface area contributed by atoms with Crippen LogP contribution in [0.15, 0.2) is 126 Å². The van der Waals surface area contributed by atoms with Crippen LogP contribution < -0.4 is 14.8 Å². The molecule has 234 valence electrons. The van der Waals surface area contributed by atoms with Crippen LogP contribution in [0, 0.1) is 0 Å². The van der Waals surface area contributed by atoms with E-state index in [1.807, 2.05) is 66.7 Å². The first-order valence-electron chi connectivity index (χ1n) is 14.1. The minimum atomic E-state index is -4.46. The maximum Gasteiger partial charge on any atom is 0.416 e. The predicted molar refractivity (Wildman–Crippen MR) is 171 cm³/mol. The molecule has 10 heteroatoms. The molecular weight excluding hydrogens is 663 g/mol. The Hall–Kier alpha value is -5.09. The number of rotatable bonds is 11. The number of carboxylic acids is 1. The van der Waals surface area contributed by atoms with Crippen LogP contribution in [0.3, 0.4) is 0 Å². The van der Waals surface area contributed by atoms with Gasteiger partial charge < -0.3 is 19.9 Å². The van der Waals surface area contributed by atoms with Crippen LogP contribution >= 0.6 is 15.9 Å². The maximum atomic E-state index is 13.3. The standard InChI is InChI=1S/C36H27BrF3NO5/c37-27-18-19-32(45-22-24-12-16-26(17-13-24)36(38,39)40)30(21-27)34(42)41-31(35(43)44)20-23-10-14-25(15-11-23)29-8-4-5-9-33(29)46-28-6-2-1-3-7-28/h1-19,21,31H,20,22H2,(H,41,42)(H,43,44). The molecule has 5 rings (SSSR count). The average Bonchev–Trinajstić information content (AvgIpc) is 3.04. The molecule has 0 heterocycles. The van der Waals surface area contributed by atoms with Crippen LogP contribution in [-0.2, 0) is 24.0 Å². The summed E-state index contributed by atoms with van der Waals surface area (Å²) in [5.41, 5.74) is 2.16. The fourth-order valence-electron chi connectivity index (χ4n) is 4.66. The zero-order valence-electron chi connectivity index (χ0n) is 24.1. The number of carboxylic acid groups (broad SMARTS) is 1. The number of amides is 1. The Morgan fingerprint density at radius 2 is 1.43 bits per heavy atom. The largest absolute Gasteiger partial charge is 0.488 e. The molecule has 0 aliphatic carbocycles. The molecule has 0 saturated carbocycles. The molecule has 0 aromatic heterocycles. The summed E-state index contributed by atoms with van der Waals surface area (Å²) >= 11 is 3.32. The quantitative estimate of drug-likeness (QED) is 0.145.